The molecular weight excluding hydrogens is 336 g/mol. The molecule has 1 N–H and O–H groups in total. The van der Waals surface area contributed by atoms with Gasteiger partial charge in [-0.15, -0.1) is 0 Å². The molecule has 3 atom stereocenters. The van der Waals surface area contributed by atoms with E-state index in [0.29, 0.717) is 6.54 Å². The summed E-state index contributed by atoms with van der Waals surface area (Å²) in [6.07, 6.45) is 0. The van der Waals surface area contributed by atoms with Crippen LogP contribution in [-0.2, 0) is 11.3 Å². The molecule has 1 fully saturated rings. The summed E-state index contributed by atoms with van der Waals surface area (Å²) < 4.78 is 0. The van der Waals surface area contributed by atoms with Crippen LogP contribution in [0.5, 0.6) is 0 Å². The van der Waals surface area contributed by atoms with E-state index in [1.807, 2.05) is 47.4 Å². The summed E-state index contributed by atoms with van der Waals surface area (Å²) in [7, 11) is 0. The molecular formula is C20H21ClN2O2. The lowest BCUT2D eigenvalue weighted by Crippen LogP contribution is -2.68. The van der Waals surface area contributed by atoms with Crippen molar-refractivity contribution in [3.05, 3.63) is 64.7 Å². The molecule has 4 rings (SSSR count). The van der Waals surface area contributed by atoms with Crippen LogP contribution in [-0.4, -0.2) is 41.1 Å². The van der Waals surface area contributed by atoms with E-state index in [4.69, 9.17) is 11.6 Å². The van der Waals surface area contributed by atoms with Gasteiger partial charge in [0.15, 0.2) is 0 Å². The molecule has 130 valence electrons. The van der Waals surface area contributed by atoms with Crippen LogP contribution in [0.4, 0.5) is 5.69 Å². The topological polar surface area (TPSA) is 43.8 Å². The minimum Gasteiger partial charge on any atom is -0.395 e. The molecule has 2 aliphatic rings. The highest BCUT2D eigenvalue weighted by Crippen LogP contribution is 2.48. The number of aliphatic hydroxyl groups excluding tert-OH is 1. The van der Waals surface area contributed by atoms with Gasteiger partial charge in [0.1, 0.15) is 0 Å². The first kappa shape index (κ1) is 16.6. The fourth-order valence-electron chi connectivity index (χ4n) is 4.30. The Morgan fingerprint density at radius 2 is 1.92 bits per heavy atom. The Bertz CT molecular complexity index is 793. The summed E-state index contributed by atoms with van der Waals surface area (Å²) in [5, 5.41) is 10.7. The number of carbonyl (C=O) groups excluding carboxylic acids is 1. The molecule has 1 saturated heterocycles. The first-order valence-electron chi connectivity index (χ1n) is 8.58. The Morgan fingerprint density at radius 3 is 2.60 bits per heavy atom. The third-order valence-corrected chi connectivity index (χ3v) is 5.73. The van der Waals surface area contributed by atoms with Gasteiger partial charge in [-0.3, -0.25) is 9.69 Å². The van der Waals surface area contributed by atoms with Crippen molar-refractivity contribution in [2.45, 2.75) is 31.5 Å². The Hall–Kier alpha value is -1.88. The molecule has 2 heterocycles. The molecule has 2 aromatic rings. The number of carbonyl (C=O) groups is 1. The third kappa shape index (κ3) is 2.74. The number of para-hydroxylation sites is 1. The van der Waals surface area contributed by atoms with E-state index in [9.17, 15) is 9.90 Å². The van der Waals surface area contributed by atoms with Crippen molar-refractivity contribution < 1.29 is 9.90 Å². The van der Waals surface area contributed by atoms with Gasteiger partial charge in [-0.05, 0) is 29.3 Å². The second kappa shape index (κ2) is 6.45. The first-order valence-corrected chi connectivity index (χ1v) is 8.96. The second-order valence-electron chi connectivity index (χ2n) is 6.83. The van der Waals surface area contributed by atoms with Gasteiger partial charge in [0.25, 0.3) is 0 Å². The number of benzene rings is 2. The summed E-state index contributed by atoms with van der Waals surface area (Å²) in [6, 6.07) is 16.2. The Balaban J connectivity index is 1.65. The highest BCUT2D eigenvalue weighted by molar-refractivity contribution is 6.30. The monoisotopic (exact) mass is 356 g/mol. The largest absolute Gasteiger partial charge is 0.395 e. The summed E-state index contributed by atoms with van der Waals surface area (Å²) in [5.41, 5.74) is 3.32. The second-order valence-corrected chi connectivity index (χ2v) is 7.27. The standard InChI is InChI=1S/C20H21ClN2O2/c1-13(25)22-11-18-20(16-4-2-3-5-17(16)22)19(12-24)23(18)10-14-6-8-15(21)9-7-14/h2-9,18-20,24H,10-12H2,1H3/t18-,19+,20+/m0/s1. The number of likely N-dealkylation sites (tertiary alicyclic amines) is 1. The molecule has 4 nitrogen and oxygen atoms in total. The van der Waals surface area contributed by atoms with Gasteiger partial charge in [0.05, 0.1) is 6.61 Å². The van der Waals surface area contributed by atoms with Gasteiger partial charge >= 0.3 is 0 Å². The SMILES string of the molecule is CC(=O)N1C[C@H]2[C@@H](c3ccccc31)[C@@H](CO)N2Cc1ccc(Cl)cc1. The van der Waals surface area contributed by atoms with Crippen LogP contribution in [0.3, 0.4) is 0 Å². The van der Waals surface area contributed by atoms with E-state index < -0.39 is 0 Å². The molecule has 0 bridgehead atoms. The molecule has 0 spiro atoms. The minimum absolute atomic E-state index is 0.0600. The molecule has 5 heteroatoms. The number of aliphatic hydroxyl groups is 1. The zero-order chi connectivity index (χ0) is 17.6. The molecule has 0 saturated carbocycles. The number of nitrogens with zero attached hydrogens (tertiary/aromatic N) is 2. The fraction of sp³-hybridized carbons (Fsp3) is 0.350. The molecule has 2 aromatic carbocycles. The number of anilines is 1. The van der Waals surface area contributed by atoms with Crippen molar-refractivity contribution in [3.63, 3.8) is 0 Å². The van der Waals surface area contributed by atoms with E-state index in [2.05, 4.69) is 11.0 Å². The average molecular weight is 357 g/mol. The van der Waals surface area contributed by atoms with Gasteiger partial charge in [0, 0.05) is 48.7 Å². The van der Waals surface area contributed by atoms with Crippen LogP contribution in [0.2, 0.25) is 5.02 Å². The van der Waals surface area contributed by atoms with Gasteiger partial charge in [-0.25, -0.2) is 0 Å². The average Bonchev–Trinajstić information content (AvgIpc) is 2.61. The quantitative estimate of drug-likeness (QED) is 0.919. The summed E-state index contributed by atoms with van der Waals surface area (Å²) in [5.74, 6) is 0.328. The highest BCUT2D eigenvalue weighted by Gasteiger charge is 2.52. The number of hydrogen-bond acceptors (Lipinski definition) is 3. The molecule has 0 aliphatic carbocycles. The molecule has 0 radical (unpaired) electrons. The number of rotatable bonds is 3. The normalized spacial score (nSPS) is 25.1. The van der Waals surface area contributed by atoms with E-state index in [1.54, 1.807) is 6.92 Å². The van der Waals surface area contributed by atoms with E-state index in [1.165, 1.54) is 5.56 Å². The molecule has 2 aliphatic heterocycles. The van der Waals surface area contributed by atoms with Crippen LogP contribution in [0.1, 0.15) is 24.0 Å². The van der Waals surface area contributed by atoms with Gasteiger partial charge in [0.2, 0.25) is 5.91 Å². The Morgan fingerprint density at radius 1 is 1.20 bits per heavy atom. The van der Waals surface area contributed by atoms with Crippen molar-refractivity contribution >= 4 is 23.2 Å². The van der Waals surface area contributed by atoms with Crippen LogP contribution in [0, 0.1) is 0 Å². The van der Waals surface area contributed by atoms with Crippen molar-refractivity contribution in [1.29, 1.82) is 0 Å². The van der Waals surface area contributed by atoms with Crippen molar-refractivity contribution in [1.82, 2.24) is 4.90 Å². The van der Waals surface area contributed by atoms with Crippen molar-refractivity contribution in [2.24, 2.45) is 0 Å². The Labute approximate surface area is 152 Å². The van der Waals surface area contributed by atoms with Crippen LogP contribution in [0.25, 0.3) is 0 Å². The Kier molecular flexibility index (Phi) is 4.28. The van der Waals surface area contributed by atoms with E-state index in [-0.39, 0.29) is 30.5 Å². The van der Waals surface area contributed by atoms with E-state index >= 15 is 0 Å². The number of amides is 1. The molecule has 1 amide bonds. The van der Waals surface area contributed by atoms with Gasteiger partial charge < -0.3 is 10.0 Å². The molecule has 0 aromatic heterocycles. The number of fused-ring (bicyclic) bond motifs is 3. The van der Waals surface area contributed by atoms with Gasteiger partial charge in [-0.1, -0.05) is 41.9 Å². The summed E-state index contributed by atoms with van der Waals surface area (Å²) in [4.78, 5) is 16.3. The minimum atomic E-state index is 0.0600. The molecule has 0 unspecified atom stereocenters. The third-order valence-electron chi connectivity index (χ3n) is 5.48. The first-order chi connectivity index (χ1) is 12.1. The smallest absolute Gasteiger partial charge is 0.223 e. The fourth-order valence-corrected chi connectivity index (χ4v) is 4.42. The lowest BCUT2D eigenvalue weighted by atomic mass is 9.71. The molecule has 25 heavy (non-hydrogen) atoms. The number of halogens is 1. The maximum atomic E-state index is 12.1. The predicted molar refractivity (Wildman–Crippen MR) is 98.9 cm³/mol. The predicted octanol–water partition coefficient (Wildman–Crippen LogP) is 3.04. The van der Waals surface area contributed by atoms with Crippen molar-refractivity contribution in [2.75, 3.05) is 18.1 Å². The van der Waals surface area contributed by atoms with Gasteiger partial charge in [-0.2, -0.15) is 0 Å². The highest BCUT2D eigenvalue weighted by atomic mass is 35.5. The van der Waals surface area contributed by atoms with Crippen LogP contribution < -0.4 is 4.90 Å². The maximum absolute atomic E-state index is 12.1. The van der Waals surface area contributed by atoms with E-state index in [0.717, 1.165) is 22.8 Å². The van der Waals surface area contributed by atoms with Crippen LogP contribution in [0.15, 0.2) is 48.5 Å². The number of hydrogen-bond donors (Lipinski definition) is 1. The zero-order valence-corrected chi connectivity index (χ0v) is 14.9. The van der Waals surface area contributed by atoms with Crippen LogP contribution >= 0.6 is 11.6 Å². The summed E-state index contributed by atoms with van der Waals surface area (Å²) in [6.45, 7) is 3.14. The zero-order valence-electron chi connectivity index (χ0n) is 14.1. The maximum Gasteiger partial charge on any atom is 0.223 e. The van der Waals surface area contributed by atoms with Crippen molar-refractivity contribution in [3.8, 4) is 0 Å². The lowest BCUT2D eigenvalue weighted by Gasteiger charge is -2.59. The lowest BCUT2D eigenvalue weighted by molar-refractivity contribution is -0.118. The summed E-state index contributed by atoms with van der Waals surface area (Å²) >= 11 is 5.98.